The molecule has 27 heavy (non-hydrogen) atoms. The van der Waals surface area contributed by atoms with Crippen LogP contribution < -0.4 is 21.4 Å². The monoisotopic (exact) mass is 383 g/mol. The lowest BCUT2D eigenvalue weighted by Gasteiger charge is -2.23. The topological polar surface area (TPSA) is 97.7 Å². The number of anilines is 1. The molecule has 7 nitrogen and oxygen atoms in total. The van der Waals surface area contributed by atoms with Crippen LogP contribution in [0.25, 0.3) is 10.4 Å². The fourth-order valence-corrected chi connectivity index (χ4v) is 3.34. The van der Waals surface area contributed by atoms with E-state index in [2.05, 4.69) is 4.98 Å². The molecule has 8 heteroatoms. The number of benzene rings is 2. The van der Waals surface area contributed by atoms with Gasteiger partial charge >= 0.3 is 6.03 Å². The molecule has 0 spiro atoms. The van der Waals surface area contributed by atoms with Crippen molar-refractivity contribution in [1.82, 2.24) is 9.99 Å². The van der Waals surface area contributed by atoms with Crippen molar-refractivity contribution in [3.63, 3.8) is 0 Å². The summed E-state index contributed by atoms with van der Waals surface area (Å²) in [7, 11) is 1.44. The zero-order valence-corrected chi connectivity index (χ0v) is 15.9. The minimum Gasteiger partial charge on any atom is -0.465 e. The van der Waals surface area contributed by atoms with E-state index in [0.29, 0.717) is 10.9 Å². The first-order valence-electron chi connectivity index (χ1n) is 8.27. The first-order chi connectivity index (χ1) is 13.0. The second-order valence-electron chi connectivity index (χ2n) is 5.98. The summed E-state index contributed by atoms with van der Waals surface area (Å²) in [6.45, 7) is 2.17. The highest BCUT2D eigenvalue weighted by atomic mass is 32.1. The Morgan fingerprint density at radius 2 is 1.89 bits per heavy atom. The van der Waals surface area contributed by atoms with Crippen molar-refractivity contribution in [1.29, 1.82) is 0 Å². The van der Waals surface area contributed by atoms with Crippen molar-refractivity contribution in [2.24, 2.45) is 11.7 Å². The number of carbonyl (C=O) groups is 1. The first kappa shape index (κ1) is 18.8. The van der Waals surface area contributed by atoms with Crippen molar-refractivity contribution >= 4 is 23.1 Å². The molecule has 0 aliphatic carbocycles. The molecular formula is C19H21N5O2S. The Hall–Kier alpha value is -2.94. The highest BCUT2D eigenvalue weighted by Crippen LogP contribution is 2.31. The Labute approximate surface area is 161 Å². The third-order valence-electron chi connectivity index (χ3n) is 4.04. The average molecular weight is 383 g/mol. The predicted octanol–water partition coefficient (Wildman–Crippen LogP) is 3.30. The molecule has 0 fully saturated rings. The van der Waals surface area contributed by atoms with Gasteiger partial charge in [0.1, 0.15) is 6.61 Å². The van der Waals surface area contributed by atoms with Crippen LogP contribution >= 0.6 is 11.3 Å². The maximum Gasteiger partial charge on any atom is 0.352 e. The highest BCUT2D eigenvalue weighted by Gasteiger charge is 2.19. The normalized spacial score (nSPS) is 10.5. The van der Waals surface area contributed by atoms with Gasteiger partial charge in [0.05, 0.1) is 10.6 Å². The van der Waals surface area contributed by atoms with Crippen LogP contribution in [0.5, 0.6) is 5.19 Å². The fraction of sp³-hybridized carbons (Fsp3) is 0.158. The van der Waals surface area contributed by atoms with E-state index in [0.717, 1.165) is 31.6 Å². The molecule has 3 rings (SSSR count). The number of hydrogen-bond donors (Lipinski definition) is 2. The Balaban J connectivity index is 1.79. The molecule has 0 bridgehead atoms. The van der Waals surface area contributed by atoms with Crippen molar-refractivity contribution in [2.75, 3.05) is 12.1 Å². The van der Waals surface area contributed by atoms with E-state index in [-0.39, 0.29) is 6.61 Å². The summed E-state index contributed by atoms with van der Waals surface area (Å²) in [5.41, 5.74) is 3.38. The summed E-state index contributed by atoms with van der Waals surface area (Å²) in [5, 5.41) is 2.50. The molecule has 0 aliphatic heterocycles. The number of amides is 2. The zero-order chi connectivity index (χ0) is 19.4. The zero-order valence-electron chi connectivity index (χ0n) is 15.1. The minimum absolute atomic E-state index is 0.235. The maximum atomic E-state index is 12.1. The van der Waals surface area contributed by atoms with Crippen molar-refractivity contribution in [3.8, 4) is 15.6 Å². The van der Waals surface area contributed by atoms with Gasteiger partial charge in [-0.15, -0.1) is 0 Å². The molecule has 1 aromatic heterocycles. The van der Waals surface area contributed by atoms with Crippen LogP contribution in [-0.2, 0) is 6.61 Å². The molecule has 2 aromatic carbocycles. The van der Waals surface area contributed by atoms with Crippen LogP contribution in [0.3, 0.4) is 0 Å². The lowest BCUT2D eigenvalue weighted by Crippen LogP contribution is -2.49. The van der Waals surface area contributed by atoms with Crippen LogP contribution in [0.15, 0.2) is 54.7 Å². The summed E-state index contributed by atoms with van der Waals surface area (Å²) in [6, 6.07) is 15.0. The lowest BCUT2D eigenvalue weighted by molar-refractivity contribution is 0.216. The molecule has 2 amide bonds. The highest BCUT2D eigenvalue weighted by molar-refractivity contribution is 7.16. The first-order valence-corrected chi connectivity index (χ1v) is 9.08. The van der Waals surface area contributed by atoms with Gasteiger partial charge in [0.25, 0.3) is 5.19 Å². The number of ether oxygens (including phenoxy) is 1. The summed E-state index contributed by atoms with van der Waals surface area (Å²) < 4.78 is 5.88. The molecule has 0 aliphatic rings. The summed E-state index contributed by atoms with van der Waals surface area (Å²) in [5.74, 6) is 11.5. The average Bonchev–Trinajstić information content (AvgIpc) is 3.15. The van der Waals surface area contributed by atoms with E-state index in [1.165, 1.54) is 18.4 Å². The molecule has 0 saturated heterocycles. The quantitative estimate of drug-likeness (QED) is 0.400. The number of nitrogens with two attached hydrogens (primary N) is 2. The van der Waals surface area contributed by atoms with E-state index in [1.54, 1.807) is 12.3 Å². The smallest absolute Gasteiger partial charge is 0.352 e. The largest absolute Gasteiger partial charge is 0.465 e. The van der Waals surface area contributed by atoms with Gasteiger partial charge in [-0.1, -0.05) is 53.8 Å². The number of aryl methyl sites for hydroxylation is 1. The van der Waals surface area contributed by atoms with Gasteiger partial charge in [0, 0.05) is 18.8 Å². The third kappa shape index (κ3) is 4.25. The van der Waals surface area contributed by atoms with Crippen LogP contribution in [0.4, 0.5) is 10.5 Å². The summed E-state index contributed by atoms with van der Waals surface area (Å²) in [4.78, 5) is 17.4. The molecule has 0 unspecified atom stereocenters. The standard InChI is InChI=1S/C19H21N5O2S/c1-13-7-6-10-16(24(21)19(25)23(2)20)15(13)12-26-18-22-11-17(27-18)14-8-4-3-5-9-14/h3-11H,12,20-21H2,1-2H3. The van der Waals surface area contributed by atoms with E-state index >= 15 is 0 Å². The Morgan fingerprint density at radius 3 is 2.59 bits per heavy atom. The van der Waals surface area contributed by atoms with E-state index in [1.807, 2.05) is 49.4 Å². The molecule has 0 radical (unpaired) electrons. The van der Waals surface area contributed by atoms with Gasteiger partial charge in [-0.05, 0) is 24.1 Å². The second-order valence-corrected chi connectivity index (χ2v) is 6.97. The van der Waals surface area contributed by atoms with E-state index in [4.69, 9.17) is 16.4 Å². The molecule has 0 saturated carbocycles. The maximum absolute atomic E-state index is 12.1. The van der Waals surface area contributed by atoms with Crippen molar-refractivity contribution in [2.45, 2.75) is 13.5 Å². The Kier molecular flexibility index (Phi) is 5.70. The van der Waals surface area contributed by atoms with Crippen LogP contribution in [-0.4, -0.2) is 23.1 Å². The van der Waals surface area contributed by atoms with Gasteiger partial charge in [-0.25, -0.2) is 26.5 Å². The van der Waals surface area contributed by atoms with Crippen LogP contribution in [0.1, 0.15) is 11.1 Å². The number of nitrogens with zero attached hydrogens (tertiary/aromatic N) is 3. The number of aromatic nitrogens is 1. The fourth-order valence-electron chi connectivity index (χ4n) is 2.57. The molecule has 1 heterocycles. The Morgan fingerprint density at radius 1 is 1.15 bits per heavy atom. The SMILES string of the molecule is Cc1cccc(N(N)C(=O)N(C)N)c1COc1ncc(-c2ccccc2)s1. The van der Waals surface area contributed by atoms with Gasteiger partial charge in [0.15, 0.2) is 0 Å². The predicted molar refractivity (Wildman–Crippen MR) is 107 cm³/mol. The second kappa shape index (κ2) is 8.17. The van der Waals surface area contributed by atoms with Crippen LogP contribution in [0.2, 0.25) is 0 Å². The van der Waals surface area contributed by atoms with Gasteiger partial charge in [0.2, 0.25) is 0 Å². The molecule has 140 valence electrons. The molecule has 3 aromatic rings. The Bertz CT molecular complexity index is 927. The number of hydrogen-bond acceptors (Lipinski definition) is 6. The molecule has 4 N–H and O–H groups in total. The molecular weight excluding hydrogens is 362 g/mol. The summed E-state index contributed by atoms with van der Waals surface area (Å²) in [6.07, 6.45) is 1.79. The number of carbonyl (C=O) groups excluding carboxylic acids is 1. The number of rotatable bonds is 5. The minimum atomic E-state index is -0.525. The number of urea groups is 1. The van der Waals surface area contributed by atoms with Gasteiger partial charge < -0.3 is 4.74 Å². The van der Waals surface area contributed by atoms with Crippen LogP contribution in [0, 0.1) is 6.92 Å². The van der Waals surface area contributed by atoms with E-state index < -0.39 is 6.03 Å². The van der Waals surface area contributed by atoms with Crippen molar-refractivity contribution in [3.05, 3.63) is 65.9 Å². The lowest BCUT2D eigenvalue weighted by atomic mass is 10.1. The number of hydrazine groups is 2. The van der Waals surface area contributed by atoms with Crippen molar-refractivity contribution < 1.29 is 9.53 Å². The van der Waals surface area contributed by atoms with Gasteiger partial charge in [-0.3, -0.25) is 5.01 Å². The summed E-state index contributed by atoms with van der Waals surface area (Å²) >= 11 is 1.46. The third-order valence-corrected chi connectivity index (χ3v) is 4.99. The number of thiazole rings is 1. The van der Waals surface area contributed by atoms with E-state index in [9.17, 15) is 4.79 Å². The van der Waals surface area contributed by atoms with Gasteiger partial charge in [-0.2, -0.15) is 0 Å². The molecule has 0 atom stereocenters.